The van der Waals surface area contributed by atoms with Crippen LogP contribution in [0.5, 0.6) is 11.5 Å². The van der Waals surface area contributed by atoms with Gasteiger partial charge in [-0.25, -0.2) is 17.6 Å². The van der Waals surface area contributed by atoms with Gasteiger partial charge in [-0.15, -0.1) is 0 Å². The number of aromatic carboxylic acids is 1. The number of para-hydroxylation sites is 1. The van der Waals surface area contributed by atoms with Crippen molar-refractivity contribution in [3.05, 3.63) is 72.0 Å². The third-order valence-electron chi connectivity index (χ3n) is 4.11. The van der Waals surface area contributed by atoms with Crippen molar-refractivity contribution < 1.29 is 32.6 Å². The number of hydrogen-bond acceptors (Lipinski definition) is 5. The Kier molecular flexibility index (Phi) is 5.42. The van der Waals surface area contributed by atoms with Crippen molar-refractivity contribution in [1.82, 2.24) is 0 Å². The number of carboxylic acids is 1. The molecule has 3 N–H and O–H groups in total. The van der Waals surface area contributed by atoms with E-state index in [9.17, 15) is 22.7 Å². The van der Waals surface area contributed by atoms with Gasteiger partial charge >= 0.3 is 5.97 Å². The molecule has 150 valence electrons. The van der Waals surface area contributed by atoms with Crippen LogP contribution in [0, 0.1) is 5.82 Å². The Balaban J connectivity index is 2.03. The molecule has 0 aliphatic heterocycles. The fourth-order valence-corrected chi connectivity index (χ4v) is 4.02. The number of nitrogens with one attached hydrogen (secondary N) is 1. The molecule has 0 unspecified atom stereocenters. The van der Waals surface area contributed by atoms with Crippen molar-refractivity contribution in [3.63, 3.8) is 0 Å². The normalized spacial score (nSPS) is 11.1. The summed E-state index contributed by atoms with van der Waals surface area (Å²) in [5.74, 6) is -2.30. The van der Waals surface area contributed by atoms with Gasteiger partial charge in [-0.05, 0) is 35.9 Å². The molecule has 0 heterocycles. The van der Waals surface area contributed by atoms with E-state index in [0.717, 1.165) is 12.1 Å². The number of carbonyl (C=O) groups is 1. The predicted octanol–water partition coefficient (Wildman–Crippen LogP) is 3.71. The van der Waals surface area contributed by atoms with Crippen LogP contribution in [-0.4, -0.2) is 31.7 Å². The van der Waals surface area contributed by atoms with Crippen LogP contribution in [0.3, 0.4) is 0 Å². The quantitative estimate of drug-likeness (QED) is 0.564. The third-order valence-corrected chi connectivity index (χ3v) is 5.51. The second kappa shape index (κ2) is 7.80. The van der Waals surface area contributed by atoms with E-state index in [1.54, 1.807) is 6.07 Å². The van der Waals surface area contributed by atoms with Crippen LogP contribution < -0.4 is 9.46 Å². The van der Waals surface area contributed by atoms with E-state index in [2.05, 4.69) is 4.72 Å². The van der Waals surface area contributed by atoms with Gasteiger partial charge in [-0.3, -0.25) is 4.72 Å². The van der Waals surface area contributed by atoms with E-state index in [4.69, 9.17) is 9.84 Å². The molecule has 9 heteroatoms. The van der Waals surface area contributed by atoms with E-state index >= 15 is 0 Å². The summed E-state index contributed by atoms with van der Waals surface area (Å²) in [7, 11) is -2.84. The highest BCUT2D eigenvalue weighted by Crippen LogP contribution is 2.36. The molecule has 7 nitrogen and oxygen atoms in total. The van der Waals surface area contributed by atoms with Crippen LogP contribution in [0.25, 0.3) is 11.1 Å². The molecule has 0 aliphatic carbocycles. The number of anilines is 1. The van der Waals surface area contributed by atoms with Crippen LogP contribution >= 0.6 is 0 Å². The highest BCUT2D eigenvalue weighted by Gasteiger charge is 2.23. The number of methoxy groups -OCH3 is 1. The molecule has 0 atom stereocenters. The molecule has 0 fully saturated rings. The first kappa shape index (κ1) is 20.2. The predicted molar refractivity (Wildman–Crippen MR) is 104 cm³/mol. The van der Waals surface area contributed by atoms with Gasteiger partial charge in [0.25, 0.3) is 10.0 Å². The molecule has 0 radical (unpaired) electrons. The molecule has 3 aromatic rings. The summed E-state index contributed by atoms with van der Waals surface area (Å²) in [6.45, 7) is 0. The monoisotopic (exact) mass is 417 g/mol. The smallest absolute Gasteiger partial charge is 0.339 e. The average Bonchev–Trinajstić information content (AvgIpc) is 2.67. The Morgan fingerprint density at radius 3 is 2.34 bits per heavy atom. The van der Waals surface area contributed by atoms with Crippen LogP contribution in [0.1, 0.15) is 10.4 Å². The van der Waals surface area contributed by atoms with E-state index in [1.807, 2.05) is 0 Å². The van der Waals surface area contributed by atoms with Gasteiger partial charge in [0.05, 0.1) is 12.8 Å². The number of sulfonamides is 1. The second-order valence-electron chi connectivity index (χ2n) is 5.99. The molecular weight excluding hydrogens is 401 g/mol. The Bertz CT molecular complexity index is 1180. The molecular formula is C20H16FNO6S. The Labute approximate surface area is 166 Å². The molecule has 0 aliphatic rings. The van der Waals surface area contributed by atoms with Crippen molar-refractivity contribution in [2.45, 2.75) is 4.90 Å². The zero-order valence-corrected chi connectivity index (χ0v) is 15.9. The standard InChI is InChI=1S/C20H16FNO6S/c1-28-19-15(12-5-7-13(21)8-6-12)3-2-4-18(19)29(26,27)22-14-9-10-16(20(24)25)17(23)11-14/h2-11,22-23H,1H3,(H,24,25). The maximum Gasteiger partial charge on any atom is 0.339 e. The first-order chi connectivity index (χ1) is 13.7. The topological polar surface area (TPSA) is 113 Å². The lowest BCUT2D eigenvalue weighted by molar-refractivity contribution is 0.0693. The number of hydrogen-bond donors (Lipinski definition) is 3. The van der Waals surface area contributed by atoms with Crippen LogP contribution in [0.15, 0.2) is 65.6 Å². The second-order valence-corrected chi connectivity index (χ2v) is 7.64. The SMILES string of the molecule is COc1c(-c2ccc(F)cc2)cccc1S(=O)(=O)Nc1ccc(C(=O)O)c(O)c1. The number of halogens is 1. The van der Waals surface area contributed by atoms with E-state index in [-0.39, 0.29) is 21.9 Å². The number of benzene rings is 3. The number of ether oxygens (including phenoxy) is 1. The molecule has 0 amide bonds. The third kappa shape index (κ3) is 4.14. The molecule has 3 rings (SSSR count). The summed E-state index contributed by atoms with van der Waals surface area (Å²) in [6, 6.07) is 13.3. The van der Waals surface area contributed by atoms with E-state index in [0.29, 0.717) is 11.1 Å². The zero-order valence-electron chi connectivity index (χ0n) is 15.1. The molecule has 0 bridgehead atoms. The van der Waals surface area contributed by atoms with Crippen molar-refractivity contribution in [1.29, 1.82) is 0 Å². The molecule has 29 heavy (non-hydrogen) atoms. The number of carboxylic acid groups (broad SMARTS) is 1. The minimum Gasteiger partial charge on any atom is -0.507 e. The van der Waals surface area contributed by atoms with Crippen molar-refractivity contribution in [2.24, 2.45) is 0 Å². The van der Waals surface area contributed by atoms with Gasteiger partial charge in [-0.1, -0.05) is 24.3 Å². The Hall–Kier alpha value is -3.59. The largest absolute Gasteiger partial charge is 0.507 e. The van der Waals surface area contributed by atoms with Crippen molar-refractivity contribution in [2.75, 3.05) is 11.8 Å². The van der Waals surface area contributed by atoms with Crippen molar-refractivity contribution in [3.8, 4) is 22.6 Å². The summed E-state index contributed by atoms with van der Waals surface area (Å²) in [6.07, 6.45) is 0. The van der Waals surface area contributed by atoms with Gasteiger partial charge < -0.3 is 14.9 Å². The summed E-state index contributed by atoms with van der Waals surface area (Å²) >= 11 is 0. The lowest BCUT2D eigenvalue weighted by Crippen LogP contribution is -2.14. The van der Waals surface area contributed by atoms with E-state index < -0.39 is 27.6 Å². The van der Waals surface area contributed by atoms with Gasteiger partial charge in [0.15, 0.2) is 0 Å². The maximum absolute atomic E-state index is 13.2. The molecule has 0 saturated carbocycles. The minimum atomic E-state index is -4.15. The van der Waals surface area contributed by atoms with Gasteiger partial charge in [-0.2, -0.15) is 0 Å². The first-order valence-corrected chi connectivity index (χ1v) is 9.73. The van der Waals surface area contributed by atoms with Crippen LogP contribution in [-0.2, 0) is 10.0 Å². The molecule has 0 saturated heterocycles. The van der Waals surface area contributed by atoms with Gasteiger partial charge in [0.2, 0.25) is 0 Å². The summed E-state index contributed by atoms with van der Waals surface area (Å²) < 4.78 is 46.6. The van der Waals surface area contributed by atoms with Crippen LogP contribution in [0.4, 0.5) is 10.1 Å². The fourth-order valence-electron chi connectivity index (χ4n) is 2.78. The maximum atomic E-state index is 13.2. The first-order valence-electron chi connectivity index (χ1n) is 8.25. The lowest BCUT2D eigenvalue weighted by Gasteiger charge is -2.15. The number of rotatable bonds is 6. The fraction of sp³-hybridized carbons (Fsp3) is 0.0500. The minimum absolute atomic E-state index is 0.0262. The Morgan fingerprint density at radius 2 is 1.76 bits per heavy atom. The van der Waals surface area contributed by atoms with Gasteiger partial charge in [0.1, 0.15) is 27.8 Å². The number of aromatic hydroxyl groups is 1. The summed E-state index contributed by atoms with van der Waals surface area (Å²) in [5.41, 5.74) is 0.619. The van der Waals surface area contributed by atoms with Crippen LogP contribution in [0.2, 0.25) is 0 Å². The average molecular weight is 417 g/mol. The summed E-state index contributed by atoms with van der Waals surface area (Å²) in [5, 5.41) is 18.7. The van der Waals surface area contributed by atoms with E-state index in [1.165, 1.54) is 49.6 Å². The molecule has 3 aromatic carbocycles. The zero-order chi connectivity index (χ0) is 21.2. The highest BCUT2D eigenvalue weighted by atomic mass is 32.2. The van der Waals surface area contributed by atoms with Crippen molar-refractivity contribution >= 4 is 21.7 Å². The lowest BCUT2D eigenvalue weighted by atomic mass is 10.0. The Morgan fingerprint density at radius 1 is 1.07 bits per heavy atom. The van der Waals surface area contributed by atoms with Gasteiger partial charge in [0, 0.05) is 11.6 Å². The molecule has 0 spiro atoms. The molecule has 0 aromatic heterocycles. The number of phenols is 1. The highest BCUT2D eigenvalue weighted by molar-refractivity contribution is 7.92. The summed E-state index contributed by atoms with van der Waals surface area (Å²) in [4.78, 5) is 10.8.